The third-order valence-corrected chi connectivity index (χ3v) is 4.24. The van der Waals surface area contributed by atoms with Crippen molar-refractivity contribution >= 4 is 0 Å². The van der Waals surface area contributed by atoms with Gasteiger partial charge in [0.1, 0.15) is 0 Å². The van der Waals surface area contributed by atoms with E-state index in [-0.39, 0.29) is 0 Å². The minimum absolute atomic E-state index is 0.448. The van der Waals surface area contributed by atoms with Gasteiger partial charge in [0.05, 0.1) is 5.69 Å². The van der Waals surface area contributed by atoms with Gasteiger partial charge in [-0.3, -0.25) is 4.68 Å². The van der Waals surface area contributed by atoms with Crippen LogP contribution in [0.4, 0.5) is 0 Å². The van der Waals surface area contributed by atoms with Gasteiger partial charge in [0.2, 0.25) is 0 Å². The zero-order valence-corrected chi connectivity index (χ0v) is 13.3. The fourth-order valence-electron chi connectivity index (χ4n) is 2.87. The molecule has 1 aromatic rings. The molecule has 20 heavy (non-hydrogen) atoms. The van der Waals surface area contributed by atoms with Crippen LogP contribution in [0.15, 0.2) is 12.3 Å². The topological polar surface area (TPSA) is 33.1 Å². The molecule has 4 heteroatoms. The quantitative estimate of drug-likeness (QED) is 0.779. The maximum atomic E-state index is 4.55. The van der Waals surface area contributed by atoms with Crippen LogP contribution < -0.4 is 5.32 Å². The molecular weight excluding hydrogens is 248 g/mol. The van der Waals surface area contributed by atoms with Crippen LogP contribution in [0, 0.1) is 0 Å². The van der Waals surface area contributed by atoms with Gasteiger partial charge in [0.25, 0.3) is 0 Å². The molecule has 1 saturated heterocycles. The molecule has 0 amide bonds. The molecule has 0 aliphatic carbocycles. The molecule has 2 heterocycles. The Bertz CT molecular complexity index is 386. The third kappa shape index (κ3) is 4.60. The first-order valence-corrected chi connectivity index (χ1v) is 8.15. The van der Waals surface area contributed by atoms with Crippen molar-refractivity contribution in [2.24, 2.45) is 0 Å². The normalized spacial score (nSPS) is 20.7. The molecule has 114 valence electrons. The molecule has 0 saturated carbocycles. The molecule has 1 fully saturated rings. The second-order valence-corrected chi connectivity index (χ2v) is 6.29. The summed E-state index contributed by atoms with van der Waals surface area (Å²) in [6, 6.07) is 3.34. The summed E-state index contributed by atoms with van der Waals surface area (Å²) >= 11 is 0. The van der Waals surface area contributed by atoms with Gasteiger partial charge < -0.3 is 10.2 Å². The molecule has 0 bridgehead atoms. The molecule has 1 aliphatic heterocycles. The predicted octanol–water partition coefficient (Wildman–Crippen LogP) is 2.82. The summed E-state index contributed by atoms with van der Waals surface area (Å²) in [6.45, 7) is 11.2. The van der Waals surface area contributed by atoms with Crippen LogP contribution in [0.1, 0.15) is 58.2 Å². The Hall–Kier alpha value is -0.870. The second kappa shape index (κ2) is 7.79. The fraction of sp³-hybridized carbons (Fsp3) is 0.812. The van der Waals surface area contributed by atoms with Crippen LogP contribution in [-0.2, 0) is 6.54 Å². The molecule has 1 N–H and O–H groups in total. The largest absolute Gasteiger partial charge is 0.311 e. The van der Waals surface area contributed by atoms with E-state index in [1.165, 1.54) is 38.8 Å². The monoisotopic (exact) mass is 278 g/mol. The second-order valence-electron chi connectivity index (χ2n) is 6.29. The highest BCUT2D eigenvalue weighted by atomic mass is 15.3. The van der Waals surface area contributed by atoms with E-state index >= 15 is 0 Å². The first-order valence-electron chi connectivity index (χ1n) is 8.15. The van der Waals surface area contributed by atoms with E-state index in [0.29, 0.717) is 6.04 Å². The highest BCUT2D eigenvalue weighted by Gasteiger charge is 2.16. The van der Waals surface area contributed by atoms with Crippen LogP contribution in [0.2, 0.25) is 0 Å². The van der Waals surface area contributed by atoms with E-state index in [4.69, 9.17) is 0 Å². The van der Waals surface area contributed by atoms with Crippen molar-refractivity contribution in [3.63, 3.8) is 0 Å². The first kappa shape index (κ1) is 15.5. The van der Waals surface area contributed by atoms with E-state index in [0.717, 1.165) is 24.8 Å². The Morgan fingerprint density at radius 1 is 1.40 bits per heavy atom. The first-order chi connectivity index (χ1) is 9.66. The smallest absolute Gasteiger partial charge is 0.0762 e. The van der Waals surface area contributed by atoms with Gasteiger partial charge in [-0.2, -0.15) is 5.10 Å². The zero-order valence-electron chi connectivity index (χ0n) is 13.3. The average molecular weight is 278 g/mol. The van der Waals surface area contributed by atoms with Crippen LogP contribution >= 0.6 is 0 Å². The molecule has 0 radical (unpaired) electrons. The van der Waals surface area contributed by atoms with Crippen molar-refractivity contribution in [2.75, 3.05) is 19.6 Å². The van der Waals surface area contributed by atoms with Crippen LogP contribution in [-0.4, -0.2) is 40.4 Å². The average Bonchev–Trinajstić information content (AvgIpc) is 2.89. The summed E-state index contributed by atoms with van der Waals surface area (Å²) in [7, 11) is 0. The van der Waals surface area contributed by atoms with Crippen LogP contribution in [0.3, 0.4) is 0 Å². The molecule has 1 aliphatic rings. The highest BCUT2D eigenvalue weighted by Crippen LogP contribution is 2.16. The standard InChI is InChI=1S/C16H30N4/c1-14(2)20-12-8-16(18-20)13-17-9-6-11-19-10-5-4-7-15(19)3/h8,12,14-15,17H,4-7,9-11,13H2,1-3H3. The molecule has 1 atom stereocenters. The number of aromatic nitrogens is 2. The number of rotatable bonds is 7. The lowest BCUT2D eigenvalue weighted by atomic mass is 10.0. The van der Waals surface area contributed by atoms with Crippen molar-refractivity contribution in [3.05, 3.63) is 18.0 Å². The number of nitrogens with zero attached hydrogens (tertiary/aromatic N) is 3. The molecule has 1 unspecified atom stereocenters. The summed E-state index contributed by atoms with van der Waals surface area (Å²) < 4.78 is 2.02. The summed E-state index contributed by atoms with van der Waals surface area (Å²) in [6.07, 6.45) is 7.46. The lowest BCUT2D eigenvalue weighted by Gasteiger charge is -2.33. The number of piperidine rings is 1. The predicted molar refractivity (Wildman–Crippen MR) is 83.8 cm³/mol. The highest BCUT2D eigenvalue weighted by molar-refractivity contribution is 4.98. The number of hydrogen-bond donors (Lipinski definition) is 1. The van der Waals surface area contributed by atoms with Crippen molar-refractivity contribution in [3.8, 4) is 0 Å². The Labute approximate surface area is 123 Å². The van der Waals surface area contributed by atoms with Gasteiger partial charge in [0, 0.05) is 24.8 Å². The van der Waals surface area contributed by atoms with Gasteiger partial charge in [-0.15, -0.1) is 0 Å². The van der Waals surface area contributed by atoms with Crippen molar-refractivity contribution < 1.29 is 0 Å². The summed E-state index contributed by atoms with van der Waals surface area (Å²) in [5, 5.41) is 8.06. The molecule has 0 spiro atoms. The minimum Gasteiger partial charge on any atom is -0.311 e. The lowest BCUT2D eigenvalue weighted by Crippen LogP contribution is -2.38. The van der Waals surface area contributed by atoms with Gasteiger partial charge in [-0.25, -0.2) is 0 Å². The van der Waals surface area contributed by atoms with E-state index in [1.807, 2.05) is 4.68 Å². The van der Waals surface area contributed by atoms with Crippen molar-refractivity contribution in [1.82, 2.24) is 20.0 Å². The van der Waals surface area contributed by atoms with Crippen molar-refractivity contribution in [2.45, 2.75) is 65.1 Å². The molecule has 4 nitrogen and oxygen atoms in total. The Morgan fingerprint density at radius 3 is 2.95 bits per heavy atom. The zero-order chi connectivity index (χ0) is 14.4. The maximum absolute atomic E-state index is 4.55. The van der Waals surface area contributed by atoms with Crippen LogP contribution in [0.5, 0.6) is 0 Å². The summed E-state index contributed by atoms with van der Waals surface area (Å²) in [5.41, 5.74) is 1.14. The van der Waals surface area contributed by atoms with E-state index in [9.17, 15) is 0 Å². The van der Waals surface area contributed by atoms with Gasteiger partial charge >= 0.3 is 0 Å². The lowest BCUT2D eigenvalue weighted by molar-refractivity contribution is 0.159. The van der Waals surface area contributed by atoms with Crippen LogP contribution in [0.25, 0.3) is 0 Å². The minimum atomic E-state index is 0.448. The molecule has 2 rings (SSSR count). The van der Waals surface area contributed by atoms with Gasteiger partial charge in [-0.1, -0.05) is 6.42 Å². The number of hydrogen-bond acceptors (Lipinski definition) is 3. The summed E-state index contributed by atoms with van der Waals surface area (Å²) in [5.74, 6) is 0. The van der Waals surface area contributed by atoms with Gasteiger partial charge in [0.15, 0.2) is 0 Å². The Balaban J connectivity index is 1.59. The van der Waals surface area contributed by atoms with E-state index < -0.39 is 0 Å². The third-order valence-electron chi connectivity index (χ3n) is 4.24. The molecule has 0 aromatic carbocycles. The van der Waals surface area contributed by atoms with E-state index in [1.54, 1.807) is 0 Å². The Kier molecular flexibility index (Phi) is 6.05. The number of likely N-dealkylation sites (tertiary alicyclic amines) is 1. The number of nitrogens with one attached hydrogen (secondary N) is 1. The maximum Gasteiger partial charge on any atom is 0.0762 e. The fourth-order valence-corrected chi connectivity index (χ4v) is 2.87. The van der Waals surface area contributed by atoms with E-state index in [2.05, 4.69) is 48.3 Å². The molecular formula is C16H30N4. The van der Waals surface area contributed by atoms with Gasteiger partial charge in [-0.05, 0) is 65.7 Å². The SMILES string of the molecule is CC1CCCCN1CCCNCc1ccn(C(C)C)n1. The summed E-state index contributed by atoms with van der Waals surface area (Å²) in [4.78, 5) is 2.64. The van der Waals surface area contributed by atoms with Crippen molar-refractivity contribution in [1.29, 1.82) is 0 Å². The molecule has 1 aromatic heterocycles. The Morgan fingerprint density at radius 2 is 2.25 bits per heavy atom.